The van der Waals surface area contributed by atoms with Crippen LogP contribution in [-0.2, 0) is 4.74 Å². The Bertz CT molecular complexity index is 1130. The summed E-state index contributed by atoms with van der Waals surface area (Å²) in [5.74, 6) is 2.25. The Morgan fingerprint density at radius 3 is 2.50 bits per heavy atom. The van der Waals surface area contributed by atoms with E-state index in [0.717, 1.165) is 17.4 Å². The second-order valence-electron chi connectivity index (χ2n) is 9.88. The Hall–Kier alpha value is -2.59. The number of hydrogen-bond acceptors (Lipinski definition) is 4. The molecule has 5 rings (SSSR count). The molecular weight excluding hydrogens is 400 g/mol. The first-order valence-electron chi connectivity index (χ1n) is 11.9. The van der Waals surface area contributed by atoms with Crippen molar-refractivity contribution in [1.29, 1.82) is 0 Å². The molecule has 3 unspecified atom stereocenters. The number of fused-ring (bicyclic) bond motifs is 3. The van der Waals surface area contributed by atoms with Crippen LogP contribution in [0.3, 0.4) is 0 Å². The summed E-state index contributed by atoms with van der Waals surface area (Å²) < 4.78 is 18.9. The van der Waals surface area contributed by atoms with E-state index in [9.17, 15) is 4.79 Å². The van der Waals surface area contributed by atoms with Gasteiger partial charge in [0.2, 0.25) is 6.29 Å². The van der Waals surface area contributed by atoms with E-state index in [1.807, 2.05) is 42.5 Å². The van der Waals surface area contributed by atoms with Crippen LogP contribution < -0.4 is 10.4 Å². The van der Waals surface area contributed by atoms with Gasteiger partial charge in [-0.1, -0.05) is 69.7 Å². The van der Waals surface area contributed by atoms with Crippen molar-refractivity contribution < 1.29 is 13.9 Å². The Morgan fingerprint density at radius 2 is 1.72 bits per heavy atom. The van der Waals surface area contributed by atoms with Crippen molar-refractivity contribution in [1.82, 2.24) is 0 Å². The average molecular weight is 433 g/mol. The summed E-state index contributed by atoms with van der Waals surface area (Å²) in [6.07, 6.45) is 3.90. The quantitative estimate of drug-likeness (QED) is 0.441. The second-order valence-corrected chi connectivity index (χ2v) is 9.88. The van der Waals surface area contributed by atoms with E-state index in [1.165, 1.54) is 12.8 Å². The fourth-order valence-corrected chi connectivity index (χ4v) is 5.59. The van der Waals surface area contributed by atoms with Crippen LogP contribution in [0.4, 0.5) is 0 Å². The fraction of sp³-hybridized carbons (Fsp3) is 0.464. The summed E-state index contributed by atoms with van der Waals surface area (Å²) in [6, 6.07) is 17.8. The van der Waals surface area contributed by atoms with Gasteiger partial charge >= 0.3 is 5.63 Å². The molecule has 2 heterocycles. The maximum Gasteiger partial charge on any atom is 0.343 e. The van der Waals surface area contributed by atoms with E-state index in [4.69, 9.17) is 13.9 Å². The molecule has 2 aromatic carbocycles. The Balaban J connectivity index is 1.56. The molecule has 32 heavy (non-hydrogen) atoms. The lowest BCUT2D eigenvalue weighted by Crippen LogP contribution is -2.41. The van der Waals surface area contributed by atoms with Crippen LogP contribution in [0.15, 0.2) is 63.8 Å². The monoisotopic (exact) mass is 432 g/mol. The van der Waals surface area contributed by atoms with Crippen molar-refractivity contribution in [3.63, 3.8) is 0 Å². The molecule has 0 amide bonds. The summed E-state index contributed by atoms with van der Waals surface area (Å²) in [4.78, 5) is 13.1. The van der Waals surface area contributed by atoms with Crippen molar-refractivity contribution in [2.75, 3.05) is 0 Å². The fourth-order valence-electron chi connectivity index (χ4n) is 5.59. The number of rotatable bonds is 4. The van der Waals surface area contributed by atoms with Crippen LogP contribution in [0.2, 0.25) is 0 Å². The lowest BCUT2D eigenvalue weighted by molar-refractivity contribution is -0.163. The molecule has 2 aliphatic rings. The predicted molar refractivity (Wildman–Crippen MR) is 126 cm³/mol. The molecule has 1 aliphatic heterocycles. The Morgan fingerprint density at radius 1 is 0.969 bits per heavy atom. The van der Waals surface area contributed by atoms with E-state index < -0.39 is 6.29 Å². The summed E-state index contributed by atoms with van der Waals surface area (Å²) in [5, 5.41) is 0.828. The highest BCUT2D eigenvalue weighted by molar-refractivity contribution is 5.85. The van der Waals surface area contributed by atoms with Gasteiger partial charge in [0.25, 0.3) is 0 Å². The van der Waals surface area contributed by atoms with E-state index >= 15 is 0 Å². The van der Waals surface area contributed by atoms with Crippen LogP contribution >= 0.6 is 0 Å². The molecule has 1 aromatic heterocycles. The highest BCUT2D eigenvalue weighted by Crippen LogP contribution is 2.44. The van der Waals surface area contributed by atoms with E-state index in [0.29, 0.717) is 41.1 Å². The highest BCUT2D eigenvalue weighted by atomic mass is 16.7. The van der Waals surface area contributed by atoms with E-state index in [2.05, 4.69) is 32.9 Å². The summed E-state index contributed by atoms with van der Waals surface area (Å²) in [7, 11) is 0. The molecule has 5 atom stereocenters. The average Bonchev–Trinajstić information content (AvgIpc) is 2.79. The molecule has 0 N–H and O–H groups in total. The van der Waals surface area contributed by atoms with Crippen LogP contribution in [-0.4, -0.2) is 12.4 Å². The maximum atomic E-state index is 13.1. The molecule has 3 aromatic rings. The minimum Gasteiger partial charge on any atom is -0.464 e. The first kappa shape index (κ1) is 21.3. The molecule has 4 nitrogen and oxygen atoms in total. The van der Waals surface area contributed by atoms with E-state index in [1.54, 1.807) is 0 Å². The maximum absolute atomic E-state index is 13.1. The minimum absolute atomic E-state index is 0.121. The minimum atomic E-state index is -0.394. The van der Waals surface area contributed by atoms with Crippen LogP contribution in [0, 0.1) is 17.8 Å². The molecule has 0 radical (unpaired) electrons. The van der Waals surface area contributed by atoms with Gasteiger partial charge in [-0.2, -0.15) is 0 Å². The van der Waals surface area contributed by atoms with Gasteiger partial charge in [0.15, 0.2) is 0 Å². The van der Waals surface area contributed by atoms with Gasteiger partial charge in [0.05, 0.1) is 17.1 Å². The zero-order valence-corrected chi connectivity index (χ0v) is 19.1. The van der Waals surface area contributed by atoms with E-state index in [-0.39, 0.29) is 17.6 Å². The zero-order valence-electron chi connectivity index (χ0n) is 19.1. The van der Waals surface area contributed by atoms with Crippen molar-refractivity contribution in [3.8, 4) is 5.75 Å². The van der Waals surface area contributed by atoms with Crippen LogP contribution in [0.5, 0.6) is 5.75 Å². The van der Waals surface area contributed by atoms with Gasteiger partial charge in [0, 0.05) is 12.3 Å². The smallest absolute Gasteiger partial charge is 0.343 e. The standard InChI is InChI=1S/C28H32O4/c1-17(2)20-14-13-18(3)15-24(20)30-25-16-22(19-9-5-4-6-10-19)26-27(32-25)21-11-7-8-12-23(21)31-28(26)29/h4-12,17-18,20,22,24-25H,13-16H2,1-3H3/t18?,20?,22-,24?,25-/m1/s1. The Kier molecular flexibility index (Phi) is 5.81. The molecule has 0 spiro atoms. The first-order valence-corrected chi connectivity index (χ1v) is 11.9. The molecule has 0 saturated heterocycles. The second kappa shape index (κ2) is 8.74. The molecule has 0 bridgehead atoms. The van der Waals surface area contributed by atoms with Crippen molar-refractivity contribution in [2.24, 2.45) is 17.8 Å². The van der Waals surface area contributed by atoms with Crippen molar-refractivity contribution >= 4 is 11.0 Å². The third-order valence-electron chi connectivity index (χ3n) is 7.31. The molecule has 4 heteroatoms. The largest absolute Gasteiger partial charge is 0.464 e. The number of ether oxygens (including phenoxy) is 2. The van der Waals surface area contributed by atoms with Crippen molar-refractivity contribution in [2.45, 2.75) is 64.8 Å². The zero-order chi connectivity index (χ0) is 22.2. The van der Waals surface area contributed by atoms with Crippen LogP contribution in [0.25, 0.3) is 11.0 Å². The van der Waals surface area contributed by atoms with Gasteiger partial charge in [-0.25, -0.2) is 4.79 Å². The SMILES string of the molecule is CC1CCC(C(C)C)C(O[C@H]2C[C@H](c3ccccc3)c3c(c4ccccc4oc3=O)O2)C1. The molecule has 168 valence electrons. The Labute approximate surface area is 189 Å². The lowest BCUT2D eigenvalue weighted by atomic mass is 9.75. The number of benzene rings is 2. The van der Waals surface area contributed by atoms with Gasteiger partial charge in [0.1, 0.15) is 11.3 Å². The normalized spacial score (nSPS) is 27.8. The van der Waals surface area contributed by atoms with Gasteiger partial charge in [-0.05, 0) is 48.3 Å². The van der Waals surface area contributed by atoms with Gasteiger partial charge in [-0.15, -0.1) is 0 Å². The number of hydrogen-bond donors (Lipinski definition) is 0. The lowest BCUT2D eigenvalue weighted by Gasteiger charge is -2.41. The summed E-state index contributed by atoms with van der Waals surface area (Å²) in [5.41, 5.74) is 1.92. The summed E-state index contributed by atoms with van der Waals surface area (Å²) in [6.45, 7) is 6.90. The topological polar surface area (TPSA) is 48.7 Å². The molecule has 1 aliphatic carbocycles. The third kappa shape index (κ3) is 3.97. The number of para-hydroxylation sites is 1. The highest BCUT2D eigenvalue weighted by Gasteiger charge is 2.39. The predicted octanol–water partition coefficient (Wildman–Crippen LogP) is 6.51. The van der Waals surface area contributed by atoms with Gasteiger partial charge < -0.3 is 13.9 Å². The van der Waals surface area contributed by atoms with Crippen molar-refractivity contribution in [3.05, 3.63) is 76.1 Å². The van der Waals surface area contributed by atoms with Gasteiger partial charge in [-0.3, -0.25) is 0 Å². The summed E-state index contributed by atoms with van der Waals surface area (Å²) >= 11 is 0. The molecule has 1 fully saturated rings. The first-order chi connectivity index (χ1) is 15.5. The van der Waals surface area contributed by atoms with Crippen LogP contribution in [0.1, 0.15) is 63.5 Å². The third-order valence-corrected chi connectivity index (χ3v) is 7.31. The molecular formula is C28H32O4. The molecule has 1 saturated carbocycles.